The van der Waals surface area contributed by atoms with Crippen LogP contribution >= 0.6 is 0 Å². The average molecular weight is 373 g/mol. The number of rotatable bonds is 6. The number of aromatic nitrogens is 2. The van der Waals surface area contributed by atoms with Crippen LogP contribution in [0.25, 0.3) is 10.9 Å². The van der Waals surface area contributed by atoms with Crippen LogP contribution < -0.4 is 10.3 Å². The van der Waals surface area contributed by atoms with Crippen molar-refractivity contribution >= 4 is 16.8 Å². The van der Waals surface area contributed by atoms with Crippen LogP contribution in [0.15, 0.2) is 53.3 Å². The smallest absolute Gasteiger partial charge is 0.387 e. The van der Waals surface area contributed by atoms with Crippen molar-refractivity contribution in [1.29, 1.82) is 0 Å². The highest BCUT2D eigenvalue weighted by Crippen LogP contribution is 2.22. The highest BCUT2D eigenvalue weighted by Gasteiger charge is 2.21. The zero-order valence-electron chi connectivity index (χ0n) is 14.5. The predicted octanol–water partition coefficient (Wildman–Crippen LogP) is 3.19. The molecule has 0 aliphatic heterocycles. The fourth-order valence-electron chi connectivity index (χ4n) is 2.73. The zero-order chi connectivity index (χ0) is 19.4. The number of benzene rings is 2. The minimum absolute atomic E-state index is 0.0165. The molecule has 0 bridgehead atoms. The fraction of sp³-hybridized carbons (Fsp3) is 0.211. The topological polar surface area (TPSA) is 75.3 Å². The monoisotopic (exact) mass is 373 g/mol. The molecule has 3 rings (SSSR count). The van der Waals surface area contributed by atoms with Crippen LogP contribution in [0.3, 0.4) is 0 Å². The molecule has 1 heterocycles. The number of hydrogen-bond donors (Lipinski definition) is 1. The molecule has 1 N–H and O–H groups in total. The number of amides is 1. The van der Waals surface area contributed by atoms with E-state index in [0.717, 1.165) is 0 Å². The molecular formula is C19H17F2N3O3. The van der Waals surface area contributed by atoms with E-state index < -0.39 is 12.5 Å². The van der Waals surface area contributed by atoms with E-state index in [1.54, 1.807) is 37.3 Å². The van der Waals surface area contributed by atoms with Gasteiger partial charge in [0, 0.05) is 6.54 Å². The summed E-state index contributed by atoms with van der Waals surface area (Å²) in [6.45, 7) is -0.975. The summed E-state index contributed by atoms with van der Waals surface area (Å²) in [7, 11) is 0. The molecule has 0 saturated carbocycles. The summed E-state index contributed by atoms with van der Waals surface area (Å²) in [5.41, 5.74) is 0.226. The molecule has 0 saturated heterocycles. The summed E-state index contributed by atoms with van der Waals surface area (Å²) >= 11 is 0. The summed E-state index contributed by atoms with van der Waals surface area (Å²) in [6.07, 6.45) is 0. The number of fused-ring (bicyclic) bond motifs is 1. The Kier molecular flexibility index (Phi) is 5.44. The van der Waals surface area contributed by atoms with Gasteiger partial charge in [0.05, 0.1) is 23.0 Å². The van der Waals surface area contributed by atoms with Crippen molar-refractivity contribution in [3.05, 3.63) is 70.3 Å². The maximum Gasteiger partial charge on any atom is 0.387 e. The minimum atomic E-state index is -3.03. The van der Waals surface area contributed by atoms with Crippen molar-refractivity contribution in [3.63, 3.8) is 0 Å². The maximum absolute atomic E-state index is 12.8. The van der Waals surface area contributed by atoms with Crippen molar-refractivity contribution in [2.24, 2.45) is 0 Å². The number of ether oxygens (including phenoxy) is 1. The Morgan fingerprint density at radius 3 is 2.63 bits per heavy atom. The van der Waals surface area contributed by atoms with E-state index in [4.69, 9.17) is 0 Å². The van der Waals surface area contributed by atoms with Gasteiger partial charge in [-0.3, -0.25) is 9.59 Å². The Morgan fingerprint density at radius 1 is 1.19 bits per heavy atom. The van der Waals surface area contributed by atoms with Crippen molar-refractivity contribution in [2.45, 2.75) is 20.1 Å². The quantitative estimate of drug-likeness (QED) is 0.720. The van der Waals surface area contributed by atoms with Crippen molar-refractivity contribution in [1.82, 2.24) is 14.9 Å². The second kappa shape index (κ2) is 7.94. The van der Waals surface area contributed by atoms with E-state index >= 15 is 0 Å². The third-order valence-electron chi connectivity index (χ3n) is 4.00. The van der Waals surface area contributed by atoms with Gasteiger partial charge >= 0.3 is 6.61 Å². The minimum Gasteiger partial charge on any atom is -0.434 e. The summed E-state index contributed by atoms with van der Waals surface area (Å²) in [6, 6.07) is 12.7. The lowest BCUT2D eigenvalue weighted by Crippen LogP contribution is -2.32. The molecule has 0 aliphatic carbocycles. The second-order valence-corrected chi connectivity index (χ2v) is 5.72. The maximum atomic E-state index is 12.8. The van der Waals surface area contributed by atoms with E-state index in [0.29, 0.717) is 23.3 Å². The van der Waals surface area contributed by atoms with Gasteiger partial charge in [0.2, 0.25) is 0 Å². The third-order valence-corrected chi connectivity index (χ3v) is 4.00. The lowest BCUT2D eigenvalue weighted by molar-refractivity contribution is -0.0502. The average Bonchev–Trinajstić information content (AvgIpc) is 2.65. The van der Waals surface area contributed by atoms with Crippen molar-refractivity contribution < 1.29 is 18.3 Å². The van der Waals surface area contributed by atoms with Gasteiger partial charge in [-0.15, -0.1) is 0 Å². The van der Waals surface area contributed by atoms with Crippen LogP contribution in [-0.4, -0.2) is 33.9 Å². The second-order valence-electron chi connectivity index (χ2n) is 5.72. The Morgan fingerprint density at radius 2 is 1.89 bits per heavy atom. The molecule has 6 nitrogen and oxygen atoms in total. The molecular weight excluding hydrogens is 356 g/mol. The van der Waals surface area contributed by atoms with Gasteiger partial charge in [-0.1, -0.05) is 24.3 Å². The van der Waals surface area contributed by atoms with Gasteiger partial charge in [-0.25, -0.2) is 4.98 Å². The molecule has 140 valence electrons. The number of para-hydroxylation sites is 2. The number of nitrogens with zero attached hydrogens (tertiary/aromatic N) is 2. The van der Waals surface area contributed by atoms with Gasteiger partial charge < -0.3 is 14.6 Å². The lowest BCUT2D eigenvalue weighted by atomic mass is 10.1. The Balaban J connectivity index is 1.90. The SMILES string of the molecule is CCN(Cc1nc2ccccc2c(=O)[nH]1)C(=O)c1ccccc1OC(F)F. The van der Waals surface area contributed by atoms with Crippen LogP contribution in [0.1, 0.15) is 23.1 Å². The Labute approximate surface area is 153 Å². The fourth-order valence-corrected chi connectivity index (χ4v) is 2.73. The van der Waals surface area contributed by atoms with Gasteiger partial charge in [0.25, 0.3) is 11.5 Å². The number of carbonyl (C=O) groups is 1. The molecule has 3 aromatic rings. The summed E-state index contributed by atoms with van der Waals surface area (Å²) in [4.78, 5) is 33.4. The molecule has 1 amide bonds. The van der Waals surface area contributed by atoms with Crippen LogP contribution in [0, 0.1) is 0 Å². The largest absolute Gasteiger partial charge is 0.434 e. The highest BCUT2D eigenvalue weighted by atomic mass is 19.3. The van der Waals surface area contributed by atoms with Crippen LogP contribution in [0.5, 0.6) is 5.75 Å². The van der Waals surface area contributed by atoms with E-state index in [2.05, 4.69) is 14.7 Å². The molecule has 0 spiro atoms. The third kappa shape index (κ3) is 4.11. The molecule has 0 fully saturated rings. The van der Waals surface area contributed by atoms with E-state index in [1.165, 1.54) is 23.1 Å². The highest BCUT2D eigenvalue weighted by molar-refractivity contribution is 5.96. The number of nitrogens with one attached hydrogen (secondary N) is 1. The molecule has 1 aromatic heterocycles. The Bertz CT molecular complexity index is 1020. The first-order valence-electron chi connectivity index (χ1n) is 8.30. The van der Waals surface area contributed by atoms with E-state index in [9.17, 15) is 18.4 Å². The van der Waals surface area contributed by atoms with E-state index in [-0.39, 0.29) is 23.4 Å². The number of H-pyrrole nitrogens is 1. The standard InChI is InChI=1S/C19H17F2N3O3/c1-2-24(18(26)13-8-4-6-10-15(13)27-19(20)21)11-16-22-14-9-5-3-7-12(14)17(25)23-16/h3-10,19H,2,11H2,1H3,(H,22,23,25). The molecule has 8 heteroatoms. The number of hydrogen-bond acceptors (Lipinski definition) is 4. The predicted molar refractivity (Wildman–Crippen MR) is 95.9 cm³/mol. The number of aromatic amines is 1. The molecule has 0 unspecified atom stereocenters. The Hall–Kier alpha value is -3.29. The summed E-state index contributed by atoms with van der Waals surface area (Å²) in [5, 5.41) is 0.450. The van der Waals surface area contributed by atoms with Crippen LogP contribution in [0.2, 0.25) is 0 Å². The molecule has 27 heavy (non-hydrogen) atoms. The molecule has 2 aromatic carbocycles. The molecule has 0 radical (unpaired) electrons. The van der Waals surface area contributed by atoms with Gasteiger partial charge in [0.1, 0.15) is 11.6 Å². The first kappa shape index (κ1) is 18.5. The molecule has 0 atom stereocenters. The van der Waals surface area contributed by atoms with E-state index in [1.807, 2.05) is 0 Å². The summed E-state index contributed by atoms with van der Waals surface area (Å²) in [5.74, 6) is -0.387. The zero-order valence-corrected chi connectivity index (χ0v) is 14.5. The van der Waals surface area contributed by atoms with Crippen molar-refractivity contribution in [2.75, 3.05) is 6.54 Å². The van der Waals surface area contributed by atoms with Gasteiger partial charge in [-0.2, -0.15) is 8.78 Å². The van der Waals surface area contributed by atoms with Gasteiger partial charge in [0.15, 0.2) is 0 Å². The van der Waals surface area contributed by atoms with Crippen LogP contribution in [-0.2, 0) is 6.54 Å². The molecule has 0 aliphatic rings. The number of halogens is 2. The normalized spacial score (nSPS) is 11.0. The van der Waals surface area contributed by atoms with Crippen LogP contribution in [0.4, 0.5) is 8.78 Å². The first-order chi connectivity index (χ1) is 13.0. The first-order valence-corrected chi connectivity index (χ1v) is 8.30. The van der Waals surface area contributed by atoms with Crippen molar-refractivity contribution in [3.8, 4) is 5.75 Å². The number of alkyl halides is 2. The number of carbonyl (C=O) groups excluding carboxylic acids is 1. The van der Waals surface area contributed by atoms with Gasteiger partial charge in [-0.05, 0) is 31.2 Å². The lowest BCUT2D eigenvalue weighted by Gasteiger charge is -2.21. The summed E-state index contributed by atoms with van der Waals surface area (Å²) < 4.78 is 29.6.